The van der Waals surface area contributed by atoms with E-state index in [0.29, 0.717) is 105 Å². The number of anilines is 2. The van der Waals surface area contributed by atoms with Gasteiger partial charge in [-0.25, -0.2) is 19.6 Å². The van der Waals surface area contributed by atoms with Gasteiger partial charge in [0.25, 0.3) is 18.3 Å². The van der Waals surface area contributed by atoms with Gasteiger partial charge >= 0.3 is 95.8 Å². The van der Waals surface area contributed by atoms with Crippen molar-refractivity contribution in [1.82, 2.24) is 80.1 Å². The summed E-state index contributed by atoms with van der Waals surface area (Å²) in [5.41, 5.74) is 16.0. The molecule has 0 aliphatic rings. The van der Waals surface area contributed by atoms with Gasteiger partial charge in [-0.1, -0.05) is 70.7 Å². The standard InChI is InChI=1S/2C23H20ClF3N6O.C16H11ClF3N3O2.C10H7Cl2N.C6H5F3N2O2.CH3F.CH2O3.2Na.H/c1-12-5-21(28)31-13(2)17(12)10-30-22(34)19-8-20(23(25,26)27)32-33(19)11-14-3-4-18-15(6-14)7-16(24)9-29-18;1-12-5-21(28)31-13(2)17(12)10-30-22(34)19-8-20(23(25,26)27)33(32-19)11-14-3-4-18-15(6-14)7-16(24)9-29-18;1-25-15(24)13-6-14(16(18,19)20)23(22-13)8-9-2-3-12-10(4-9)5-11(17)7-21-12;11-5-7-1-2-10-8(3-7)4-9(12)6-13-10;1-13-5(12)3-2-4(11-10-3)6(7,8)9;1-2;2-1-4-3;;;/h2*3-9H,10-11H2,1-2H3,(H2,28,31)(H,30,34);2-7H,8H2,1H3;1-4,6H,5H2;2H,1H3,(H,10,11);1H3;1,3H;;;/q;;;;;;;2*+1;-1/p-1/i;;;;;1D;;;;. The summed E-state index contributed by atoms with van der Waals surface area (Å²) >= 11 is 29.4. The van der Waals surface area contributed by atoms with Gasteiger partial charge in [0, 0.05) is 101 Å². The second-order valence-electron chi connectivity index (χ2n) is 26.1. The first-order valence-electron chi connectivity index (χ1n) is 36.1. The zero-order valence-electron chi connectivity index (χ0n) is 69.5. The number of esters is 2. The quantitative estimate of drug-likeness (QED) is 0.0114. The fraction of sp³-hybridized carbons (Fsp3) is 0.212. The van der Waals surface area contributed by atoms with Crippen LogP contribution >= 0.6 is 58.0 Å². The number of aryl methyl sites for hydroxylation is 4. The van der Waals surface area contributed by atoms with Gasteiger partial charge in [-0.15, -0.1) is 11.6 Å². The fourth-order valence-electron chi connectivity index (χ4n) is 11.7. The van der Waals surface area contributed by atoms with Crippen LogP contribution in [0.2, 0.25) is 20.1 Å². The molecule has 127 heavy (non-hydrogen) atoms. The first-order chi connectivity index (χ1) is 59.4. The van der Waals surface area contributed by atoms with Gasteiger partial charge < -0.3 is 43.1 Å². The zero-order valence-corrected chi connectivity index (χ0v) is 75.3. The number of ether oxygens (including phenoxy) is 2. The Balaban J connectivity index is 0.000000291. The van der Waals surface area contributed by atoms with Gasteiger partial charge in [-0.2, -0.15) is 73.1 Å². The molecule has 0 atom stereocenters. The van der Waals surface area contributed by atoms with E-state index in [4.69, 9.17) is 80.9 Å². The van der Waals surface area contributed by atoms with Gasteiger partial charge in [-0.3, -0.25) is 57.9 Å². The number of benzene rings is 4. The molecule has 27 nitrogen and oxygen atoms in total. The van der Waals surface area contributed by atoms with Crippen molar-refractivity contribution in [2.75, 3.05) is 32.8 Å². The number of aromatic nitrogens is 14. The van der Waals surface area contributed by atoms with E-state index >= 15 is 0 Å². The number of carbonyl (C=O) groups excluding carboxylic acids is 5. The van der Waals surface area contributed by atoms with Crippen LogP contribution < -0.4 is 86.5 Å². The van der Waals surface area contributed by atoms with Crippen molar-refractivity contribution >= 4 is 143 Å². The zero-order chi connectivity index (χ0) is 92.9. The minimum absolute atomic E-state index is 0. The van der Waals surface area contributed by atoms with Gasteiger partial charge in [0.15, 0.2) is 22.8 Å². The molecule has 10 heterocycles. The summed E-state index contributed by atoms with van der Waals surface area (Å²) in [6.45, 7) is 6.69. The molecule has 0 saturated carbocycles. The number of amides is 2. The smallest absolute Gasteiger partial charge is 1.00 e. The van der Waals surface area contributed by atoms with E-state index in [1.807, 2.05) is 38.1 Å². The number of rotatable bonds is 16. The minimum Gasteiger partial charge on any atom is -1.00 e. The van der Waals surface area contributed by atoms with Crippen molar-refractivity contribution in [2.24, 2.45) is 0 Å². The number of nitrogens with one attached hydrogen (secondary N) is 3. The minimum atomic E-state index is -4.70. The van der Waals surface area contributed by atoms with Gasteiger partial charge in [-0.05, 0) is 157 Å². The Morgan fingerprint density at radius 2 is 0.858 bits per heavy atom. The Bertz CT molecular complexity index is 6210. The Kier molecular flexibility index (Phi) is 38.0. The molecule has 2 amide bonds. The SMILES string of the molecule is COC(=O)c1cc(C(F)(F)F)[nH]n1.COC(=O)c1cc(C(F)(F)F)n(Cc2ccc3ncc(Cl)cc3c2)n1.Cc1cc(N)nc(C)c1CNC(=O)c1cc(C(F)(F)F)n(Cc2ccc3ncc(Cl)cc3c2)n1.Cc1cc(N)nc(C)c1CNC(=O)c1cc(C(F)(F)F)nn1Cc1ccc2ncc(Cl)cc2c1.ClCc1ccc2ncc(Cl)cc2c1.O=CO[O-].[2H]CF.[H-].[Na+].[Na+]. The van der Waals surface area contributed by atoms with Crippen LogP contribution in [0.4, 0.5) is 68.7 Å². The third-order valence-corrected chi connectivity index (χ3v) is 18.5. The summed E-state index contributed by atoms with van der Waals surface area (Å²) in [5, 5.41) is 34.9. The summed E-state index contributed by atoms with van der Waals surface area (Å²) in [4.78, 5) is 84.0. The molecule has 0 aliphatic heterocycles. The first-order valence-corrected chi connectivity index (χ1v) is 37.5. The number of H-pyrrole nitrogens is 1. The molecule has 0 fully saturated rings. The molecule has 4 aromatic carbocycles. The summed E-state index contributed by atoms with van der Waals surface area (Å²) in [6, 6.07) is 34.2. The van der Waals surface area contributed by atoms with E-state index < -0.39 is 89.8 Å². The molecule has 0 unspecified atom stereocenters. The van der Waals surface area contributed by atoms with Crippen LogP contribution in [0.3, 0.4) is 0 Å². The van der Waals surface area contributed by atoms with Crippen molar-refractivity contribution < 1.29 is 163 Å². The maximum atomic E-state index is 13.7. The van der Waals surface area contributed by atoms with E-state index in [1.165, 1.54) is 18.6 Å². The molecule has 0 aliphatic carbocycles. The van der Waals surface area contributed by atoms with Crippen LogP contribution in [0.1, 0.15) is 123 Å². The molecule has 14 aromatic rings. The number of aromatic amines is 1. The number of pyridine rings is 6. The monoisotopic (exact) mass is 1890 g/mol. The largest absolute Gasteiger partial charge is 1.00 e. The van der Waals surface area contributed by atoms with Crippen LogP contribution in [0, 0.1) is 27.7 Å². The van der Waals surface area contributed by atoms with Gasteiger partial charge in [0.05, 0.1) is 84.5 Å². The molecule has 14 rings (SSSR count). The molecule has 0 bridgehead atoms. The Morgan fingerprint density at radius 3 is 1.20 bits per heavy atom. The molecule has 660 valence electrons. The van der Waals surface area contributed by atoms with E-state index in [1.54, 1.807) is 110 Å². The van der Waals surface area contributed by atoms with E-state index in [0.717, 1.165) is 84.5 Å². The van der Waals surface area contributed by atoms with Crippen molar-refractivity contribution in [3.8, 4) is 0 Å². The van der Waals surface area contributed by atoms with Crippen LogP contribution in [0.5, 0.6) is 0 Å². The number of hydrogen-bond acceptors (Lipinski definition) is 21. The Labute approximate surface area is 783 Å². The van der Waals surface area contributed by atoms with Crippen LogP contribution in [-0.4, -0.2) is 121 Å². The summed E-state index contributed by atoms with van der Waals surface area (Å²) in [7, 11) is 1.14. The second kappa shape index (κ2) is 46.7. The molecule has 0 radical (unpaired) electrons. The molecule has 10 aromatic heterocycles. The second-order valence-corrected chi connectivity index (χ2v) is 28.1. The van der Waals surface area contributed by atoms with Crippen molar-refractivity contribution in [1.29, 1.82) is 0 Å². The van der Waals surface area contributed by atoms with Crippen LogP contribution in [0.15, 0.2) is 158 Å². The van der Waals surface area contributed by atoms with E-state index in [-0.39, 0.29) is 111 Å². The molecular weight excluding hydrogens is 1830 g/mol. The Hall–Kier alpha value is -10.9. The number of methoxy groups -OCH3 is 2. The number of alkyl halides is 14. The normalized spacial score (nSPS) is 11.1. The summed E-state index contributed by atoms with van der Waals surface area (Å²) in [6.07, 6.45) is -12.4. The summed E-state index contributed by atoms with van der Waals surface area (Å²) < 4.78 is 183. The maximum absolute atomic E-state index is 13.7. The number of fused-ring (bicyclic) bond motifs is 4. The molecule has 47 heteroatoms. The van der Waals surface area contributed by atoms with Gasteiger partial charge in [0.2, 0.25) is 0 Å². The predicted molar refractivity (Wildman–Crippen MR) is 436 cm³/mol. The van der Waals surface area contributed by atoms with Crippen molar-refractivity contribution in [2.45, 2.75) is 91.0 Å². The predicted octanol–water partition coefficient (Wildman–Crippen LogP) is 11.3. The Morgan fingerprint density at radius 1 is 0.504 bits per heavy atom. The molecular formula is C80H68Cl5F13N18Na2O9. The van der Waals surface area contributed by atoms with E-state index in [2.05, 4.69) is 75.3 Å². The average Bonchev–Trinajstić information content (AvgIpc) is 1.67. The van der Waals surface area contributed by atoms with Crippen LogP contribution in [-0.2, 0) is 82.5 Å². The third-order valence-electron chi connectivity index (χ3n) is 17.4. The number of hydrogen-bond donors (Lipinski definition) is 5. The molecule has 0 spiro atoms. The summed E-state index contributed by atoms with van der Waals surface area (Å²) in [5.74, 6) is -2.04. The topological polar surface area (TPSA) is 372 Å². The van der Waals surface area contributed by atoms with Crippen molar-refractivity contribution in [3.63, 3.8) is 0 Å². The van der Waals surface area contributed by atoms with Gasteiger partial charge in [0.1, 0.15) is 34.4 Å². The van der Waals surface area contributed by atoms with Crippen LogP contribution in [0.25, 0.3) is 43.6 Å². The number of nitrogens with two attached hydrogens (primary N) is 2. The number of nitrogen functional groups attached to an aromatic ring is 2. The molecule has 0 saturated heterocycles. The van der Waals surface area contributed by atoms with E-state index in [9.17, 15) is 76.3 Å². The number of halogens is 18. The average molecular weight is 1900 g/mol. The third kappa shape index (κ3) is 29.6. The number of nitrogens with zero attached hydrogens (tertiary/aromatic N) is 13. The van der Waals surface area contributed by atoms with Crippen molar-refractivity contribution in [3.05, 3.63) is 280 Å². The number of carbonyl (C=O) groups is 5. The molecule has 7 N–H and O–H groups in total. The fourth-order valence-corrected chi connectivity index (χ4v) is 12.6. The maximum Gasteiger partial charge on any atom is 1.00 e. The first kappa shape index (κ1) is 103.